The number of hydrogen-bond acceptors (Lipinski definition) is 5. The summed E-state index contributed by atoms with van der Waals surface area (Å²) in [6.07, 6.45) is 15.5. The predicted octanol–water partition coefficient (Wildman–Crippen LogP) is 3.60. The van der Waals surface area contributed by atoms with Crippen LogP contribution in [-0.2, 0) is 0 Å². The first-order valence-corrected chi connectivity index (χ1v) is 10.1. The van der Waals surface area contributed by atoms with Crippen molar-refractivity contribution in [1.82, 2.24) is 27.0 Å². The molecule has 1 heterocycles. The van der Waals surface area contributed by atoms with Crippen molar-refractivity contribution in [1.29, 1.82) is 0 Å². The second kappa shape index (κ2) is 10.4. The fraction of sp³-hybridized carbons (Fsp3) is 0.800. The highest BCUT2D eigenvalue weighted by Gasteiger charge is 2.24. The molecule has 5 nitrogen and oxygen atoms in total. The van der Waals surface area contributed by atoms with Crippen LogP contribution in [0.1, 0.15) is 72.6 Å². The average Bonchev–Trinajstić information content (AvgIpc) is 2.58. The van der Waals surface area contributed by atoms with Gasteiger partial charge in [0.05, 0.1) is 5.54 Å². The van der Waals surface area contributed by atoms with Gasteiger partial charge in [-0.05, 0) is 57.8 Å². The van der Waals surface area contributed by atoms with Gasteiger partial charge in [0.15, 0.2) is 0 Å². The van der Waals surface area contributed by atoms with E-state index in [1.807, 2.05) is 0 Å². The molecule has 5 heteroatoms. The van der Waals surface area contributed by atoms with Crippen LogP contribution in [-0.4, -0.2) is 23.7 Å². The summed E-state index contributed by atoms with van der Waals surface area (Å²) in [4.78, 5) is 0. The number of nitrogens with zero attached hydrogens (tertiary/aromatic N) is 1. The van der Waals surface area contributed by atoms with Crippen LogP contribution in [0.4, 0.5) is 0 Å². The number of hydrazine groups is 4. The van der Waals surface area contributed by atoms with Crippen molar-refractivity contribution in [2.24, 2.45) is 11.8 Å². The Balaban J connectivity index is 1.87. The summed E-state index contributed by atoms with van der Waals surface area (Å²) in [5.74, 6) is 1.65. The minimum absolute atomic E-state index is 0.0410. The SMILES string of the molecule is CC1=CCC(C)(NN2CCCC(C)CCC(C)CCCNNN2)C=C1. The smallest absolute Gasteiger partial charge is 0.0528 e. The van der Waals surface area contributed by atoms with Crippen molar-refractivity contribution < 1.29 is 0 Å². The van der Waals surface area contributed by atoms with Crippen LogP contribution in [0, 0.1) is 11.8 Å². The molecular formula is C20H39N5. The molecule has 1 aliphatic heterocycles. The third-order valence-corrected chi connectivity index (χ3v) is 5.46. The highest BCUT2D eigenvalue weighted by molar-refractivity contribution is 5.26. The van der Waals surface area contributed by atoms with Crippen molar-refractivity contribution in [3.05, 3.63) is 23.8 Å². The Labute approximate surface area is 154 Å². The van der Waals surface area contributed by atoms with E-state index in [4.69, 9.17) is 0 Å². The lowest BCUT2D eigenvalue weighted by Crippen LogP contribution is -2.63. The molecule has 1 fully saturated rings. The second-order valence-corrected chi connectivity index (χ2v) is 8.40. The molecule has 0 aromatic heterocycles. The maximum atomic E-state index is 3.64. The van der Waals surface area contributed by atoms with Gasteiger partial charge in [-0.1, -0.05) is 50.5 Å². The van der Waals surface area contributed by atoms with E-state index >= 15 is 0 Å². The monoisotopic (exact) mass is 349 g/mol. The normalized spacial score (nSPS) is 34.3. The second-order valence-electron chi connectivity index (χ2n) is 8.40. The topological polar surface area (TPSA) is 51.4 Å². The first kappa shape index (κ1) is 20.6. The van der Waals surface area contributed by atoms with Crippen LogP contribution < -0.4 is 21.9 Å². The number of hydrogen-bond donors (Lipinski definition) is 4. The van der Waals surface area contributed by atoms with Crippen LogP contribution in [0.15, 0.2) is 23.8 Å². The Morgan fingerprint density at radius 1 is 1.12 bits per heavy atom. The Hall–Kier alpha value is -0.720. The Bertz CT molecular complexity index is 447. The molecule has 3 unspecified atom stereocenters. The molecule has 4 N–H and O–H groups in total. The number of rotatable bonds is 2. The van der Waals surface area contributed by atoms with E-state index in [1.54, 1.807) is 0 Å². The zero-order valence-electron chi connectivity index (χ0n) is 16.7. The maximum Gasteiger partial charge on any atom is 0.0528 e. The van der Waals surface area contributed by atoms with Crippen LogP contribution >= 0.6 is 0 Å². The average molecular weight is 350 g/mol. The first-order valence-electron chi connectivity index (χ1n) is 10.1. The van der Waals surface area contributed by atoms with Gasteiger partial charge in [-0.25, -0.2) is 10.9 Å². The van der Waals surface area contributed by atoms with Crippen LogP contribution in [0.25, 0.3) is 0 Å². The molecule has 0 spiro atoms. The number of nitrogens with one attached hydrogen (secondary N) is 4. The van der Waals surface area contributed by atoms with Crippen molar-refractivity contribution in [3.8, 4) is 0 Å². The van der Waals surface area contributed by atoms with Crippen LogP contribution in [0.2, 0.25) is 0 Å². The van der Waals surface area contributed by atoms with Crippen molar-refractivity contribution in [3.63, 3.8) is 0 Å². The van der Waals surface area contributed by atoms with Gasteiger partial charge in [-0.15, -0.1) is 0 Å². The van der Waals surface area contributed by atoms with Crippen LogP contribution in [0.5, 0.6) is 0 Å². The quantitative estimate of drug-likeness (QED) is 0.614. The van der Waals surface area contributed by atoms with E-state index in [0.29, 0.717) is 0 Å². The fourth-order valence-electron chi connectivity index (χ4n) is 3.52. The van der Waals surface area contributed by atoms with E-state index in [2.05, 4.69) is 73.0 Å². The zero-order chi connectivity index (χ0) is 18.1. The maximum absolute atomic E-state index is 3.64. The summed E-state index contributed by atoms with van der Waals surface area (Å²) in [5.41, 5.74) is 14.7. The van der Waals surface area contributed by atoms with Crippen molar-refractivity contribution in [2.75, 3.05) is 13.1 Å². The number of allylic oxidation sites excluding steroid dienone is 2. The third-order valence-electron chi connectivity index (χ3n) is 5.46. The Morgan fingerprint density at radius 2 is 1.84 bits per heavy atom. The fourth-order valence-corrected chi connectivity index (χ4v) is 3.52. The standard InChI is InChI=1S/C20H39N5/c1-17-7-5-15-21-23-24-25(16-6-8-18(2)10-9-17)22-20(4)13-11-19(3)12-14-20/h11-13,17-18,21-24H,5-10,14-16H2,1-4H3. The van der Waals surface area contributed by atoms with Gasteiger partial charge in [0.2, 0.25) is 0 Å². The lowest BCUT2D eigenvalue weighted by molar-refractivity contribution is 0.0367. The summed E-state index contributed by atoms with van der Waals surface area (Å²) in [5, 5.41) is 2.10. The summed E-state index contributed by atoms with van der Waals surface area (Å²) in [6, 6.07) is 0. The molecule has 0 aromatic carbocycles. The molecule has 0 aromatic rings. The molecule has 1 aliphatic carbocycles. The molecular weight excluding hydrogens is 310 g/mol. The molecule has 2 aliphatic rings. The predicted molar refractivity (Wildman–Crippen MR) is 106 cm³/mol. The molecule has 0 amide bonds. The van der Waals surface area contributed by atoms with E-state index in [-0.39, 0.29) is 5.54 Å². The minimum Gasteiger partial charge on any atom is -0.243 e. The zero-order valence-corrected chi connectivity index (χ0v) is 16.7. The summed E-state index contributed by atoms with van der Waals surface area (Å²) in [7, 11) is 0. The highest BCUT2D eigenvalue weighted by Crippen LogP contribution is 2.22. The molecule has 1 saturated heterocycles. The van der Waals surface area contributed by atoms with Gasteiger partial charge < -0.3 is 0 Å². The summed E-state index contributed by atoms with van der Waals surface area (Å²) < 4.78 is 0. The Morgan fingerprint density at radius 3 is 2.52 bits per heavy atom. The first-order chi connectivity index (χ1) is 12.0. The van der Waals surface area contributed by atoms with Gasteiger partial charge in [-0.3, -0.25) is 0 Å². The third kappa shape index (κ3) is 8.01. The van der Waals surface area contributed by atoms with Gasteiger partial charge in [0.25, 0.3) is 0 Å². The molecule has 2 rings (SSSR count). The molecule has 0 saturated carbocycles. The van der Waals surface area contributed by atoms with Gasteiger partial charge in [0.1, 0.15) is 0 Å². The molecule has 0 bridgehead atoms. The molecule has 3 atom stereocenters. The van der Waals surface area contributed by atoms with E-state index in [9.17, 15) is 0 Å². The lowest BCUT2D eigenvalue weighted by atomic mass is 9.91. The highest BCUT2D eigenvalue weighted by atomic mass is 15.9. The van der Waals surface area contributed by atoms with Crippen molar-refractivity contribution in [2.45, 2.75) is 78.2 Å². The minimum atomic E-state index is -0.0410. The largest absolute Gasteiger partial charge is 0.243 e. The summed E-state index contributed by atoms with van der Waals surface area (Å²) in [6.45, 7) is 11.2. The van der Waals surface area contributed by atoms with Gasteiger partial charge in [0, 0.05) is 13.1 Å². The van der Waals surface area contributed by atoms with E-state index in [0.717, 1.165) is 31.3 Å². The van der Waals surface area contributed by atoms with Gasteiger partial charge >= 0.3 is 0 Å². The lowest BCUT2D eigenvalue weighted by Gasteiger charge is -2.36. The summed E-state index contributed by atoms with van der Waals surface area (Å²) >= 11 is 0. The molecule has 0 radical (unpaired) electrons. The van der Waals surface area contributed by atoms with Crippen molar-refractivity contribution >= 4 is 0 Å². The van der Waals surface area contributed by atoms with Gasteiger partial charge in [-0.2, -0.15) is 16.2 Å². The Kier molecular flexibility index (Phi) is 8.59. The van der Waals surface area contributed by atoms with E-state index < -0.39 is 0 Å². The van der Waals surface area contributed by atoms with Crippen LogP contribution in [0.3, 0.4) is 0 Å². The van der Waals surface area contributed by atoms with E-state index in [1.165, 1.54) is 44.1 Å². The molecule has 144 valence electrons. The molecule has 25 heavy (non-hydrogen) atoms.